The van der Waals surface area contributed by atoms with E-state index in [-0.39, 0.29) is 0 Å². The van der Waals surface area contributed by atoms with Gasteiger partial charge in [0.1, 0.15) is 0 Å². The van der Waals surface area contributed by atoms with Crippen molar-refractivity contribution in [3.8, 4) is 0 Å². The lowest BCUT2D eigenvalue weighted by atomic mass is 9.94. The maximum atomic E-state index is 4.61. The van der Waals surface area contributed by atoms with Gasteiger partial charge in [0, 0.05) is 11.4 Å². The minimum atomic E-state index is 1.19. The summed E-state index contributed by atoms with van der Waals surface area (Å²) >= 11 is 0. The number of aromatic nitrogens is 1. The lowest BCUT2D eigenvalue weighted by Crippen LogP contribution is -2.07. The quantitative estimate of drug-likeness (QED) is 0.570. The highest BCUT2D eigenvalue weighted by molar-refractivity contribution is 5.30. The average molecular weight is 161 g/mol. The molecular formula is C11H15N. The van der Waals surface area contributed by atoms with Gasteiger partial charge >= 0.3 is 0 Å². The van der Waals surface area contributed by atoms with Gasteiger partial charge in [-0.15, -0.1) is 0 Å². The van der Waals surface area contributed by atoms with Crippen LogP contribution in [0.2, 0.25) is 0 Å². The Morgan fingerprint density at radius 2 is 1.92 bits per heavy atom. The third-order valence-corrected chi connectivity index (χ3v) is 2.74. The SMILES string of the molecule is Cc1cc2c(nc1C)CCCC2. The van der Waals surface area contributed by atoms with E-state index in [0.717, 1.165) is 0 Å². The first kappa shape index (κ1) is 7.78. The van der Waals surface area contributed by atoms with Crippen LogP contribution in [0.25, 0.3) is 0 Å². The standard InChI is InChI=1S/C11H15N/c1-8-7-10-5-3-4-6-11(10)12-9(8)2/h7H,3-6H2,1-2H3. The second-order valence-electron chi connectivity index (χ2n) is 3.70. The molecule has 0 N–H and O–H groups in total. The molecule has 0 saturated carbocycles. The van der Waals surface area contributed by atoms with Gasteiger partial charge in [-0.3, -0.25) is 4.98 Å². The molecule has 2 rings (SSSR count). The van der Waals surface area contributed by atoms with Gasteiger partial charge in [0.2, 0.25) is 0 Å². The molecule has 12 heavy (non-hydrogen) atoms. The fourth-order valence-corrected chi connectivity index (χ4v) is 1.85. The molecule has 1 heterocycles. The molecule has 1 heteroatoms. The number of fused-ring (bicyclic) bond motifs is 1. The van der Waals surface area contributed by atoms with Gasteiger partial charge in [-0.1, -0.05) is 6.07 Å². The number of hydrogen-bond donors (Lipinski definition) is 0. The summed E-state index contributed by atoms with van der Waals surface area (Å²) < 4.78 is 0. The van der Waals surface area contributed by atoms with Crippen molar-refractivity contribution in [3.05, 3.63) is 28.6 Å². The summed E-state index contributed by atoms with van der Waals surface area (Å²) in [5.41, 5.74) is 5.39. The Hall–Kier alpha value is -0.850. The van der Waals surface area contributed by atoms with Gasteiger partial charge in [0.25, 0.3) is 0 Å². The van der Waals surface area contributed by atoms with Crippen LogP contribution in [0.3, 0.4) is 0 Å². The third kappa shape index (κ3) is 1.24. The Morgan fingerprint density at radius 1 is 1.17 bits per heavy atom. The molecule has 1 aromatic rings. The maximum Gasteiger partial charge on any atom is 0.0438 e. The highest BCUT2D eigenvalue weighted by Gasteiger charge is 2.11. The van der Waals surface area contributed by atoms with Crippen molar-refractivity contribution in [2.75, 3.05) is 0 Å². The molecular weight excluding hydrogens is 146 g/mol. The molecule has 0 amide bonds. The number of rotatable bonds is 0. The van der Waals surface area contributed by atoms with Crippen molar-refractivity contribution in [1.82, 2.24) is 4.98 Å². The van der Waals surface area contributed by atoms with Crippen LogP contribution < -0.4 is 0 Å². The van der Waals surface area contributed by atoms with Crippen LogP contribution in [-0.2, 0) is 12.8 Å². The van der Waals surface area contributed by atoms with Gasteiger partial charge in [-0.05, 0) is 50.7 Å². The van der Waals surface area contributed by atoms with E-state index >= 15 is 0 Å². The molecule has 0 atom stereocenters. The predicted octanol–water partition coefficient (Wildman–Crippen LogP) is 2.58. The lowest BCUT2D eigenvalue weighted by molar-refractivity contribution is 0.664. The van der Waals surface area contributed by atoms with Crippen LogP contribution in [0.5, 0.6) is 0 Å². The van der Waals surface area contributed by atoms with Gasteiger partial charge in [0.05, 0.1) is 0 Å². The summed E-state index contributed by atoms with van der Waals surface area (Å²) in [5, 5.41) is 0. The number of pyridine rings is 1. The molecule has 0 fully saturated rings. The average Bonchev–Trinajstić information content (AvgIpc) is 2.07. The zero-order chi connectivity index (χ0) is 8.55. The molecule has 1 aliphatic carbocycles. The fourth-order valence-electron chi connectivity index (χ4n) is 1.85. The van der Waals surface area contributed by atoms with Crippen LogP contribution in [0, 0.1) is 13.8 Å². The zero-order valence-electron chi connectivity index (χ0n) is 7.85. The molecule has 0 bridgehead atoms. The van der Waals surface area contributed by atoms with Gasteiger partial charge in [-0.2, -0.15) is 0 Å². The van der Waals surface area contributed by atoms with Gasteiger partial charge < -0.3 is 0 Å². The van der Waals surface area contributed by atoms with Crippen molar-refractivity contribution in [2.24, 2.45) is 0 Å². The largest absolute Gasteiger partial charge is 0.258 e. The van der Waals surface area contributed by atoms with Crippen molar-refractivity contribution in [3.63, 3.8) is 0 Å². The summed E-state index contributed by atoms with van der Waals surface area (Å²) in [6.07, 6.45) is 5.10. The molecule has 1 aromatic heterocycles. The van der Waals surface area contributed by atoms with E-state index < -0.39 is 0 Å². The van der Waals surface area contributed by atoms with Crippen molar-refractivity contribution >= 4 is 0 Å². The van der Waals surface area contributed by atoms with E-state index in [0.29, 0.717) is 0 Å². The molecule has 0 spiro atoms. The topological polar surface area (TPSA) is 12.9 Å². The Bertz CT molecular complexity index is 271. The molecule has 0 saturated heterocycles. The second kappa shape index (κ2) is 2.89. The molecule has 0 aromatic carbocycles. The van der Waals surface area contributed by atoms with Gasteiger partial charge in [0.15, 0.2) is 0 Å². The molecule has 1 nitrogen and oxygen atoms in total. The van der Waals surface area contributed by atoms with E-state index in [2.05, 4.69) is 24.9 Å². The van der Waals surface area contributed by atoms with Crippen LogP contribution in [0.1, 0.15) is 35.4 Å². The highest BCUT2D eigenvalue weighted by Crippen LogP contribution is 2.21. The van der Waals surface area contributed by atoms with E-state index in [4.69, 9.17) is 0 Å². The Morgan fingerprint density at radius 3 is 2.75 bits per heavy atom. The summed E-state index contributed by atoms with van der Waals surface area (Å²) in [6, 6.07) is 2.32. The van der Waals surface area contributed by atoms with E-state index in [1.54, 1.807) is 0 Å². The normalized spacial score (nSPS) is 15.8. The number of nitrogens with zero attached hydrogens (tertiary/aromatic N) is 1. The second-order valence-corrected chi connectivity index (χ2v) is 3.70. The molecule has 1 aliphatic rings. The Kier molecular flexibility index (Phi) is 1.87. The zero-order valence-corrected chi connectivity index (χ0v) is 7.85. The third-order valence-electron chi connectivity index (χ3n) is 2.74. The smallest absolute Gasteiger partial charge is 0.0438 e. The summed E-state index contributed by atoms with van der Waals surface area (Å²) in [7, 11) is 0. The minimum absolute atomic E-state index is 1.19. The molecule has 0 aliphatic heterocycles. The van der Waals surface area contributed by atoms with Crippen LogP contribution in [-0.4, -0.2) is 4.98 Å². The molecule has 0 unspecified atom stereocenters. The number of hydrogen-bond acceptors (Lipinski definition) is 1. The van der Waals surface area contributed by atoms with Gasteiger partial charge in [-0.25, -0.2) is 0 Å². The van der Waals surface area contributed by atoms with Crippen LogP contribution in [0.15, 0.2) is 6.07 Å². The predicted molar refractivity (Wildman–Crippen MR) is 50.4 cm³/mol. The minimum Gasteiger partial charge on any atom is -0.258 e. The van der Waals surface area contributed by atoms with E-state index in [1.165, 1.54) is 48.2 Å². The van der Waals surface area contributed by atoms with E-state index in [1.807, 2.05) is 0 Å². The summed E-state index contributed by atoms with van der Waals surface area (Å²) in [5.74, 6) is 0. The summed E-state index contributed by atoms with van der Waals surface area (Å²) in [4.78, 5) is 4.61. The molecule has 64 valence electrons. The van der Waals surface area contributed by atoms with Crippen molar-refractivity contribution < 1.29 is 0 Å². The first-order chi connectivity index (χ1) is 5.77. The Balaban J connectivity index is 2.49. The van der Waals surface area contributed by atoms with Crippen molar-refractivity contribution in [1.29, 1.82) is 0 Å². The molecule has 0 radical (unpaired) electrons. The first-order valence-electron chi connectivity index (χ1n) is 4.73. The fraction of sp³-hybridized carbons (Fsp3) is 0.545. The highest BCUT2D eigenvalue weighted by atomic mass is 14.7. The van der Waals surface area contributed by atoms with Crippen molar-refractivity contribution in [2.45, 2.75) is 39.5 Å². The summed E-state index contributed by atoms with van der Waals surface area (Å²) in [6.45, 7) is 4.25. The van der Waals surface area contributed by atoms with Crippen LogP contribution >= 0.6 is 0 Å². The first-order valence-corrected chi connectivity index (χ1v) is 4.73. The monoisotopic (exact) mass is 161 g/mol. The van der Waals surface area contributed by atoms with Crippen LogP contribution in [0.4, 0.5) is 0 Å². The lowest BCUT2D eigenvalue weighted by Gasteiger charge is -2.16. The maximum absolute atomic E-state index is 4.61. The number of aryl methyl sites for hydroxylation is 4. The Labute approximate surface area is 73.8 Å². The van der Waals surface area contributed by atoms with E-state index in [9.17, 15) is 0 Å².